The number of ether oxygens (including phenoxy) is 2. The highest BCUT2D eigenvalue weighted by molar-refractivity contribution is 5.96. The van der Waals surface area contributed by atoms with Crippen LogP contribution in [-0.2, 0) is 14.3 Å². The van der Waals surface area contributed by atoms with Crippen LogP contribution >= 0.6 is 0 Å². The average molecular weight is 345 g/mol. The summed E-state index contributed by atoms with van der Waals surface area (Å²) in [5, 5.41) is 11.8. The molecule has 9 heteroatoms. The topological polar surface area (TPSA) is 84.9 Å². The van der Waals surface area contributed by atoms with Crippen LogP contribution in [0.2, 0.25) is 0 Å². The fourth-order valence-electron chi connectivity index (χ4n) is 3.29. The molecule has 2 N–H and O–H groups in total. The molecule has 24 heavy (non-hydrogen) atoms. The van der Waals surface area contributed by atoms with E-state index in [1.165, 1.54) is 12.1 Å². The predicted molar refractivity (Wildman–Crippen MR) is 74.3 cm³/mol. The maximum Gasteiger partial charge on any atom is 0.573 e. The van der Waals surface area contributed by atoms with E-state index in [0.29, 0.717) is 12.8 Å². The Bertz CT molecular complexity index is 646. The second kappa shape index (κ2) is 5.97. The van der Waals surface area contributed by atoms with E-state index in [0.717, 1.165) is 12.1 Å². The summed E-state index contributed by atoms with van der Waals surface area (Å²) in [6, 6.07) is 4.63. The number of amides is 1. The quantitative estimate of drug-likeness (QED) is 0.875. The molecular formula is C15H14F3NO5. The minimum Gasteiger partial charge on any atom is -0.481 e. The summed E-state index contributed by atoms with van der Waals surface area (Å²) in [6.07, 6.45) is -4.48. The first kappa shape index (κ1) is 16.6. The van der Waals surface area contributed by atoms with Crippen molar-refractivity contribution < 1.29 is 37.3 Å². The third-order valence-corrected chi connectivity index (χ3v) is 4.22. The van der Waals surface area contributed by atoms with Gasteiger partial charge in [-0.1, -0.05) is 0 Å². The SMILES string of the molecule is O=C(O)[C@@H]1[C@H](C(=O)Nc2ccc(OC(F)(F)F)cc2)[C@H]2CC[C@@H]1O2. The van der Waals surface area contributed by atoms with E-state index in [-0.39, 0.29) is 5.69 Å². The minimum atomic E-state index is -4.79. The van der Waals surface area contributed by atoms with E-state index in [1.807, 2.05) is 0 Å². The molecule has 1 amide bonds. The molecule has 130 valence electrons. The summed E-state index contributed by atoms with van der Waals surface area (Å²) in [6.45, 7) is 0. The summed E-state index contributed by atoms with van der Waals surface area (Å²) < 4.78 is 45.5. The molecule has 2 heterocycles. The highest BCUT2D eigenvalue weighted by Gasteiger charge is 2.55. The number of carboxylic acid groups (broad SMARTS) is 1. The summed E-state index contributed by atoms with van der Waals surface area (Å²) in [4.78, 5) is 23.7. The summed E-state index contributed by atoms with van der Waals surface area (Å²) in [5.41, 5.74) is 0.251. The lowest BCUT2D eigenvalue weighted by Crippen LogP contribution is -2.40. The minimum absolute atomic E-state index is 0.251. The zero-order valence-electron chi connectivity index (χ0n) is 12.2. The highest BCUT2D eigenvalue weighted by atomic mass is 19.4. The van der Waals surface area contributed by atoms with Gasteiger partial charge in [0.2, 0.25) is 5.91 Å². The zero-order chi connectivity index (χ0) is 17.5. The molecule has 2 saturated heterocycles. The van der Waals surface area contributed by atoms with Crippen LogP contribution in [0.5, 0.6) is 5.75 Å². The lowest BCUT2D eigenvalue weighted by molar-refractivity contribution is -0.274. The molecule has 1 aromatic rings. The van der Waals surface area contributed by atoms with Crippen molar-refractivity contribution >= 4 is 17.6 Å². The molecule has 3 rings (SSSR count). The van der Waals surface area contributed by atoms with Gasteiger partial charge in [-0.3, -0.25) is 9.59 Å². The molecular weight excluding hydrogens is 331 g/mol. The first-order chi connectivity index (χ1) is 11.2. The van der Waals surface area contributed by atoms with Gasteiger partial charge < -0.3 is 19.9 Å². The number of carbonyl (C=O) groups is 2. The summed E-state index contributed by atoms with van der Waals surface area (Å²) in [7, 11) is 0. The third kappa shape index (κ3) is 3.30. The van der Waals surface area contributed by atoms with Crippen LogP contribution in [0.25, 0.3) is 0 Å². The number of rotatable bonds is 4. The number of halogens is 3. The maximum atomic E-state index is 12.4. The first-order valence-electron chi connectivity index (χ1n) is 7.29. The Hall–Kier alpha value is -2.29. The number of alkyl halides is 3. The number of benzene rings is 1. The van der Waals surface area contributed by atoms with Crippen LogP contribution in [0.3, 0.4) is 0 Å². The van der Waals surface area contributed by atoms with Crippen molar-refractivity contribution in [3.63, 3.8) is 0 Å². The van der Waals surface area contributed by atoms with Crippen LogP contribution < -0.4 is 10.1 Å². The molecule has 4 atom stereocenters. The Balaban J connectivity index is 1.67. The lowest BCUT2D eigenvalue weighted by atomic mass is 9.78. The average Bonchev–Trinajstić information content (AvgIpc) is 3.08. The number of carbonyl (C=O) groups excluding carboxylic acids is 1. The first-order valence-corrected chi connectivity index (χ1v) is 7.29. The predicted octanol–water partition coefficient (Wildman–Crippen LogP) is 2.40. The van der Waals surface area contributed by atoms with Crippen molar-refractivity contribution in [1.29, 1.82) is 0 Å². The Morgan fingerprint density at radius 2 is 1.71 bits per heavy atom. The van der Waals surface area contributed by atoms with Crippen LogP contribution in [0.15, 0.2) is 24.3 Å². The van der Waals surface area contributed by atoms with Crippen molar-refractivity contribution in [3.05, 3.63) is 24.3 Å². The standard InChI is InChI=1S/C15H14F3NO5/c16-15(17,18)24-8-3-1-7(2-4-8)19-13(20)11-9-5-6-10(23-9)12(11)14(21)22/h1-4,9-12H,5-6H2,(H,19,20)(H,21,22)/t9-,10+,11-,12+/m1/s1. The van der Waals surface area contributed by atoms with Gasteiger partial charge in [-0.05, 0) is 37.1 Å². The van der Waals surface area contributed by atoms with Crippen LogP contribution in [-0.4, -0.2) is 35.6 Å². The largest absolute Gasteiger partial charge is 0.573 e. The van der Waals surface area contributed by atoms with E-state index in [4.69, 9.17) is 4.74 Å². The van der Waals surface area contributed by atoms with Crippen molar-refractivity contribution in [3.8, 4) is 5.75 Å². The number of fused-ring (bicyclic) bond motifs is 2. The number of carboxylic acids is 1. The highest BCUT2D eigenvalue weighted by Crippen LogP contribution is 2.44. The number of nitrogens with one attached hydrogen (secondary N) is 1. The van der Waals surface area contributed by atoms with Gasteiger partial charge in [-0.2, -0.15) is 0 Å². The monoisotopic (exact) mass is 345 g/mol. The second-order valence-corrected chi connectivity index (χ2v) is 5.74. The van der Waals surface area contributed by atoms with Crippen molar-refractivity contribution in [2.45, 2.75) is 31.4 Å². The van der Waals surface area contributed by atoms with E-state index < -0.39 is 48.0 Å². The number of anilines is 1. The van der Waals surface area contributed by atoms with Crippen molar-refractivity contribution in [1.82, 2.24) is 0 Å². The van der Waals surface area contributed by atoms with E-state index in [1.54, 1.807) is 0 Å². The van der Waals surface area contributed by atoms with Gasteiger partial charge in [0.25, 0.3) is 0 Å². The maximum absolute atomic E-state index is 12.4. The molecule has 2 bridgehead atoms. The van der Waals surface area contributed by atoms with Gasteiger partial charge in [0.05, 0.1) is 24.0 Å². The second-order valence-electron chi connectivity index (χ2n) is 5.74. The fraction of sp³-hybridized carbons (Fsp3) is 0.467. The van der Waals surface area contributed by atoms with Crippen LogP contribution in [0.1, 0.15) is 12.8 Å². The molecule has 0 aromatic heterocycles. The van der Waals surface area contributed by atoms with Crippen LogP contribution in [0, 0.1) is 11.8 Å². The Labute approximate surface area is 134 Å². The molecule has 1 aromatic carbocycles. The van der Waals surface area contributed by atoms with Gasteiger partial charge in [0, 0.05) is 5.69 Å². The number of aliphatic carboxylic acids is 1. The fourth-order valence-corrected chi connectivity index (χ4v) is 3.29. The third-order valence-electron chi connectivity index (χ3n) is 4.22. The molecule has 0 unspecified atom stereocenters. The summed E-state index contributed by atoms with van der Waals surface area (Å²) >= 11 is 0. The van der Waals surface area contributed by atoms with Gasteiger partial charge in [0.15, 0.2) is 0 Å². The van der Waals surface area contributed by atoms with Crippen molar-refractivity contribution in [2.24, 2.45) is 11.8 Å². The van der Waals surface area contributed by atoms with E-state index in [2.05, 4.69) is 10.1 Å². The number of hydrogen-bond donors (Lipinski definition) is 2. The van der Waals surface area contributed by atoms with Gasteiger partial charge in [-0.15, -0.1) is 13.2 Å². The molecule has 0 aliphatic carbocycles. The molecule has 0 saturated carbocycles. The molecule has 0 spiro atoms. The molecule has 0 radical (unpaired) electrons. The molecule has 2 fully saturated rings. The smallest absolute Gasteiger partial charge is 0.481 e. The Morgan fingerprint density at radius 3 is 2.25 bits per heavy atom. The lowest BCUT2D eigenvalue weighted by Gasteiger charge is -2.23. The molecule has 2 aliphatic rings. The van der Waals surface area contributed by atoms with E-state index >= 15 is 0 Å². The Morgan fingerprint density at radius 1 is 1.12 bits per heavy atom. The summed E-state index contributed by atoms with van der Waals surface area (Å²) in [5.74, 6) is -3.73. The van der Waals surface area contributed by atoms with Gasteiger partial charge >= 0.3 is 12.3 Å². The normalized spacial score (nSPS) is 28.6. The van der Waals surface area contributed by atoms with E-state index in [9.17, 15) is 27.9 Å². The molecule has 6 nitrogen and oxygen atoms in total. The van der Waals surface area contributed by atoms with Gasteiger partial charge in [0.1, 0.15) is 5.75 Å². The number of hydrogen-bond acceptors (Lipinski definition) is 4. The Kier molecular flexibility index (Phi) is 4.12. The molecule has 2 aliphatic heterocycles. The van der Waals surface area contributed by atoms with Gasteiger partial charge in [-0.25, -0.2) is 0 Å². The van der Waals surface area contributed by atoms with Crippen molar-refractivity contribution in [2.75, 3.05) is 5.32 Å². The van der Waals surface area contributed by atoms with Crippen LogP contribution in [0.4, 0.5) is 18.9 Å². The zero-order valence-corrected chi connectivity index (χ0v) is 12.2.